The van der Waals surface area contributed by atoms with Gasteiger partial charge in [0.25, 0.3) is 5.69 Å². The summed E-state index contributed by atoms with van der Waals surface area (Å²) in [4.78, 5) is 39.1. The first-order valence-corrected chi connectivity index (χ1v) is 10.0. The summed E-state index contributed by atoms with van der Waals surface area (Å²) in [5.41, 5.74) is 0.627. The van der Waals surface area contributed by atoms with E-state index in [9.17, 15) is 19.7 Å². The van der Waals surface area contributed by atoms with E-state index < -0.39 is 17.1 Å². The molecule has 0 aliphatic carbocycles. The van der Waals surface area contributed by atoms with E-state index in [1.807, 2.05) is 4.90 Å². The molecule has 3 atom stereocenters. The first-order chi connectivity index (χ1) is 13.3. The van der Waals surface area contributed by atoms with Gasteiger partial charge in [-0.05, 0) is 42.9 Å². The van der Waals surface area contributed by atoms with Crippen molar-refractivity contribution in [1.82, 2.24) is 9.80 Å². The first-order valence-electron chi connectivity index (χ1n) is 9.48. The van der Waals surface area contributed by atoms with Crippen LogP contribution >= 0.6 is 12.6 Å². The number of carbonyl (C=O) groups is 2. The lowest BCUT2D eigenvalue weighted by Crippen LogP contribution is -2.50. The molecule has 8 nitrogen and oxygen atoms in total. The Bertz CT molecular complexity index is 742. The number of thiol groups is 1. The molecule has 0 spiro atoms. The Morgan fingerprint density at radius 1 is 1.29 bits per heavy atom. The Morgan fingerprint density at radius 3 is 2.64 bits per heavy atom. The summed E-state index contributed by atoms with van der Waals surface area (Å²) in [6.45, 7) is 3.93. The molecule has 0 bridgehead atoms. The number of ether oxygens (including phenoxy) is 1. The zero-order chi connectivity index (χ0) is 20.3. The van der Waals surface area contributed by atoms with Crippen LogP contribution in [0.2, 0.25) is 0 Å². The molecule has 2 aliphatic rings. The number of nitro groups is 1. The zero-order valence-corrected chi connectivity index (χ0v) is 16.7. The lowest BCUT2D eigenvalue weighted by atomic mass is 9.99. The fourth-order valence-corrected chi connectivity index (χ4v) is 4.17. The highest BCUT2D eigenvalue weighted by Crippen LogP contribution is 2.26. The molecule has 0 aromatic heterocycles. The van der Waals surface area contributed by atoms with Crippen molar-refractivity contribution >= 4 is 30.3 Å². The van der Waals surface area contributed by atoms with E-state index in [0.717, 1.165) is 25.9 Å². The maximum atomic E-state index is 13.0. The molecule has 0 saturated carbocycles. The Hall–Kier alpha value is -2.29. The number of carbonyl (C=O) groups excluding carboxylic acids is 2. The zero-order valence-electron chi connectivity index (χ0n) is 15.8. The van der Waals surface area contributed by atoms with Crippen molar-refractivity contribution in [3.05, 3.63) is 39.9 Å². The number of hydrogen-bond donors (Lipinski definition) is 1. The van der Waals surface area contributed by atoms with Crippen LogP contribution in [0.15, 0.2) is 24.3 Å². The van der Waals surface area contributed by atoms with Gasteiger partial charge < -0.3 is 9.64 Å². The fourth-order valence-electron chi connectivity index (χ4n) is 3.79. The van der Waals surface area contributed by atoms with Crippen molar-refractivity contribution in [2.45, 2.75) is 44.1 Å². The summed E-state index contributed by atoms with van der Waals surface area (Å²) in [6.07, 6.45) is 2.05. The van der Waals surface area contributed by atoms with E-state index in [1.54, 1.807) is 12.1 Å². The van der Waals surface area contributed by atoms with Gasteiger partial charge in [-0.3, -0.25) is 19.8 Å². The highest BCUT2D eigenvalue weighted by atomic mass is 32.1. The quantitative estimate of drug-likeness (QED) is 0.471. The molecule has 1 aromatic rings. The van der Waals surface area contributed by atoms with E-state index in [0.29, 0.717) is 24.4 Å². The summed E-state index contributed by atoms with van der Waals surface area (Å²) >= 11 is 4.47. The number of rotatable bonds is 4. The summed E-state index contributed by atoms with van der Waals surface area (Å²) in [5, 5.41) is 10.6. The molecular formula is C19H25N3O5S. The second kappa shape index (κ2) is 8.81. The van der Waals surface area contributed by atoms with Gasteiger partial charge in [0, 0.05) is 37.0 Å². The molecule has 28 heavy (non-hydrogen) atoms. The molecule has 2 aliphatic heterocycles. The third-order valence-electron chi connectivity index (χ3n) is 5.28. The Labute approximate surface area is 169 Å². The van der Waals surface area contributed by atoms with Gasteiger partial charge in [0.2, 0.25) is 5.91 Å². The minimum atomic E-state index is -0.557. The topological polar surface area (TPSA) is 93.0 Å². The summed E-state index contributed by atoms with van der Waals surface area (Å²) in [6, 6.07) is 5.29. The minimum Gasteiger partial charge on any atom is -0.445 e. The Kier molecular flexibility index (Phi) is 6.43. The molecule has 152 valence electrons. The fraction of sp³-hybridized carbons (Fsp3) is 0.579. The average Bonchev–Trinajstić information content (AvgIpc) is 3.07. The lowest BCUT2D eigenvalue weighted by molar-refractivity contribution is -0.384. The van der Waals surface area contributed by atoms with E-state index in [4.69, 9.17) is 4.74 Å². The van der Waals surface area contributed by atoms with Crippen molar-refractivity contribution in [2.24, 2.45) is 5.92 Å². The number of non-ortho nitro benzene ring substituents is 1. The summed E-state index contributed by atoms with van der Waals surface area (Å²) in [7, 11) is 0. The first kappa shape index (κ1) is 20.4. The molecule has 2 fully saturated rings. The number of benzene rings is 1. The Balaban J connectivity index is 1.60. The van der Waals surface area contributed by atoms with E-state index in [-0.39, 0.29) is 23.5 Å². The number of hydrogen-bond acceptors (Lipinski definition) is 6. The van der Waals surface area contributed by atoms with Crippen molar-refractivity contribution in [3.8, 4) is 0 Å². The van der Waals surface area contributed by atoms with Crippen LogP contribution in [0.3, 0.4) is 0 Å². The molecule has 0 N–H and O–H groups in total. The highest BCUT2D eigenvalue weighted by Gasteiger charge is 2.41. The standard InChI is InChI=1S/C19H25N3O5S/c1-13-3-2-8-20(10-13)18(23)17-9-16(28)11-21(17)19(24)27-12-14-4-6-15(7-5-14)22(25)26/h4-7,13,16-17,28H,2-3,8-12H2,1H3/t13?,16-,17-/m0/s1. The van der Waals surface area contributed by atoms with Gasteiger partial charge in [-0.2, -0.15) is 12.6 Å². The molecule has 0 radical (unpaired) electrons. The summed E-state index contributed by atoms with van der Waals surface area (Å²) in [5.74, 6) is 0.434. The number of likely N-dealkylation sites (tertiary alicyclic amines) is 2. The van der Waals surface area contributed by atoms with Crippen molar-refractivity contribution in [3.63, 3.8) is 0 Å². The lowest BCUT2D eigenvalue weighted by Gasteiger charge is -2.34. The second-order valence-corrected chi connectivity index (χ2v) is 8.30. The highest BCUT2D eigenvalue weighted by molar-refractivity contribution is 7.81. The van der Waals surface area contributed by atoms with Gasteiger partial charge in [0.1, 0.15) is 12.6 Å². The molecule has 2 amide bonds. The predicted octanol–water partition coefficient (Wildman–Crippen LogP) is 2.86. The molecule has 1 aromatic carbocycles. The maximum Gasteiger partial charge on any atom is 0.410 e. The molecular weight excluding hydrogens is 382 g/mol. The predicted molar refractivity (Wildman–Crippen MR) is 106 cm³/mol. The molecule has 3 rings (SSSR count). The van der Waals surface area contributed by atoms with E-state index >= 15 is 0 Å². The normalized spacial score (nSPS) is 24.9. The van der Waals surface area contributed by atoms with Gasteiger partial charge >= 0.3 is 6.09 Å². The number of nitro benzene ring substituents is 1. The monoisotopic (exact) mass is 407 g/mol. The largest absolute Gasteiger partial charge is 0.445 e. The van der Waals surface area contributed by atoms with Crippen LogP contribution in [0.4, 0.5) is 10.5 Å². The third-order valence-corrected chi connectivity index (χ3v) is 5.65. The van der Waals surface area contributed by atoms with Crippen molar-refractivity contribution < 1.29 is 19.2 Å². The van der Waals surface area contributed by atoms with Gasteiger partial charge in [-0.25, -0.2) is 4.79 Å². The molecule has 9 heteroatoms. The van der Waals surface area contributed by atoms with Crippen LogP contribution in [0.25, 0.3) is 0 Å². The smallest absolute Gasteiger partial charge is 0.410 e. The van der Waals surface area contributed by atoms with E-state index in [2.05, 4.69) is 19.6 Å². The van der Waals surface area contributed by atoms with Crippen LogP contribution in [-0.2, 0) is 16.1 Å². The van der Waals surface area contributed by atoms with Gasteiger partial charge in [-0.15, -0.1) is 0 Å². The van der Waals surface area contributed by atoms with Crippen molar-refractivity contribution in [2.75, 3.05) is 19.6 Å². The third kappa shape index (κ3) is 4.76. The number of nitrogens with zero attached hydrogens (tertiary/aromatic N) is 3. The molecule has 1 unspecified atom stereocenters. The van der Waals surface area contributed by atoms with Gasteiger partial charge in [0.05, 0.1) is 4.92 Å². The van der Waals surface area contributed by atoms with Crippen LogP contribution in [0, 0.1) is 16.0 Å². The van der Waals surface area contributed by atoms with Gasteiger partial charge in [0.15, 0.2) is 0 Å². The Morgan fingerprint density at radius 2 is 2.00 bits per heavy atom. The van der Waals surface area contributed by atoms with Crippen LogP contribution in [0.1, 0.15) is 31.7 Å². The minimum absolute atomic E-state index is 0.00771. The van der Waals surface area contributed by atoms with Crippen molar-refractivity contribution in [1.29, 1.82) is 0 Å². The average molecular weight is 407 g/mol. The molecule has 2 heterocycles. The summed E-state index contributed by atoms with van der Waals surface area (Å²) < 4.78 is 5.36. The van der Waals surface area contributed by atoms with Gasteiger partial charge in [-0.1, -0.05) is 6.92 Å². The molecule has 2 saturated heterocycles. The van der Waals surface area contributed by atoms with E-state index in [1.165, 1.54) is 17.0 Å². The number of piperidine rings is 1. The van der Waals surface area contributed by atoms with Crippen LogP contribution in [0.5, 0.6) is 0 Å². The SMILES string of the molecule is CC1CCCN(C(=O)[C@@H]2C[C@H](S)CN2C(=O)OCc2ccc([N+](=O)[O-])cc2)C1. The van der Waals surface area contributed by atoms with Crippen LogP contribution < -0.4 is 0 Å². The number of amides is 2. The second-order valence-electron chi connectivity index (χ2n) is 7.57. The van der Waals surface area contributed by atoms with Crippen LogP contribution in [-0.4, -0.2) is 57.6 Å². The maximum absolute atomic E-state index is 13.0.